The fraction of sp³-hybridized carbons (Fsp3) is 0.436. The van der Waals surface area contributed by atoms with Gasteiger partial charge in [-0.3, -0.25) is 38.8 Å². The first kappa shape index (κ1) is 92.4. The van der Waals surface area contributed by atoms with Gasteiger partial charge in [0.25, 0.3) is 5.91 Å². The van der Waals surface area contributed by atoms with Crippen molar-refractivity contribution in [2.75, 3.05) is 176 Å². The number of β-amino-alcohol motifs (C(OH)–C–C–N with tert-alkyl or cyclic N) is 2. The molecule has 2 unspecified atom stereocenters. The average Bonchev–Trinajstić information content (AvgIpc) is 1.62. The summed E-state index contributed by atoms with van der Waals surface area (Å²) in [6.45, 7) is 24.2. The summed E-state index contributed by atoms with van der Waals surface area (Å²) in [4.78, 5) is 91.8. The molecule has 12 N–H and O–H groups in total. The Hall–Kier alpha value is -8.74. The third kappa shape index (κ3) is 24.2. The quantitative estimate of drug-likeness (QED) is 0.0216. The van der Waals surface area contributed by atoms with Gasteiger partial charge in [0.05, 0.1) is 89.7 Å². The van der Waals surface area contributed by atoms with E-state index < -0.39 is 46.3 Å². The van der Waals surface area contributed by atoms with Crippen LogP contribution in [0.3, 0.4) is 0 Å². The standard InChI is InChI=1S/C25H33N5O3S.C24H31N3O2S.C23H26N4O2S.C22H30N4O3S2/c1-18-7-8-23-21(15-18)30(20-5-2-3-6-22(20)34-23)10-4-9-28-11-13-29(14-12-28)16-24(32)27-19(17-31)25(26)33;1-17-6-8-23-21(14-17)27(20-4-2-3-5-22(20)30-23)16-19(28)15-26-12-10-18(11-13-26)7-9-24(25)29;1-16-7-8-20-18(15-16)26(17-5-2-3-6-19(17)30-20)13-4-14-27-21(28)23(25-22(27)29)9-11-24-12-10-23;1-17-6-7-22-20(14-17)26(19-4-2-3-5-21(19)30-22)16-18(27)15-25-10-8-24(9-11-25)12-13-31(23,28)29/h2-3,5-8,15,19,31H,4,9-14,16-17H2,1H3,(H2,26,33)(H,27,32);2-6,8,14,18-19,28H,7,9-13,15-16H2,1H3,(H2,25,29);2-3,5-8,15,24H,4,9-14H2,1H3,(H,25,29);2-7,14,18,27H,8-13,15-16H2,1H3,(H2,23,28,29)/t19-;;;/m0.../s1. The van der Waals surface area contributed by atoms with Gasteiger partial charge < -0.3 is 72.1 Å². The van der Waals surface area contributed by atoms with Crippen molar-refractivity contribution in [3.05, 3.63) is 192 Å². The predicted molar refractivity (Wildman–Crippen MR) is 501 cm³/mol. The number of nitrogens with one attached hydrogen (secondary N) is 3. The molecule has 8 aromatic rings. The van der Waals surface area contributed by atoms with Crippen LogP contribution in [0, 0.1) is 33.6 Å². The number of aliphatic hydroxyl groups excluding tert-OH is 3. The Kier molecular flexibility index (Phi) is 31.7. The summed E-state index contributed by atoms with van der Waals surface area (Å²) in [5, 5.41) is 44.9. The molecule has 17 rings (SSSR count). The average molecular weight is 1790 g/mol. The minimum atomic E-state index is -3.43. The number of benzene rings is 8. The summed E-state index contributed by atoms with van der Waals surface area (Å²) in [7, 11) is -3.43. The number of carbonyl (C=O) groups is 5. The first-order valence-electron chi connectivity index (χ1n) is 43.7. The largest absolute Gasteiger partial charge is 0.394 e. The number of imide groups is 1. The predicted octanol–water partition coefficient (Wildman–Crippen LogP) is 11.0. The van der Waals surface area contributed by atoms with E-state index >= 15 is 0 Å². The van der Waals surface area contributed by atoms with Crippen molar-refractivity contribution in [1.29, 1.82) is 0 Å². The van der Waals surface area contributed by atoms with Gasteiger partial charge in [0.2, 0.25) is 27.7 Å². The van der Waals surface area contributed by atoms with Crippen molar-refractivity contribution in [2.24, 2.45) is 22.5 Å². The number of fused-ring (bicyclic) bond motifs is 8. The number of hydrogen-bond acceptors (Lipinski definition) is 24. The molecule has 125 heavy (non-hydrogen) atoms. The van der Waals surface area contributed by atoms with Crippen LogP contribution in [0.1, 0.15) is 73.6 Å². The Morgan fingerprint density at radius 3 is 1.26 bits per heavy atom. The molecule has 3 atom stereocenters. The molecular weight excluding hydrogens is 1670 g/mol. The van der Waals surface area contributed by atoms with Crippen LogP contribution in [0.4, 0.5) is 50.3 Å². The first-order chi connectivity index (χ1) is 60.3. The zero-order chi connectivity index (χ0) is 87.9. The van der Waals surface area contributed by atoms with Crippen LogP contribution in [-0.4, -0.2) is 263 Å². The maximum atomic E-state index is 13.0. The molecule has 0 aliphatic carbocycles. The van der Waals surface area contributed by atoms with Crippen LogP contribution in [-0.2, 0) is 29.2 Å². The molecular formula is C94H120N16O10S5. The molecule has 0 bridgehead atoms. The maximum Gasteiger partial charge on any atom is 0.325 e. The molecule has 5 saturated heterocycles. The molecule has 1 spiro atoms. The molecule has 6 amide bonds. The number of carbonyl (C=O) groups excluding carboxylic acids is 5. The molecule has 9 aliphatic rings. The van der Waals surface area contributed by atoms with Crippen molar-refractivity contribution >= 4 is 132 Å². The topological polar surface area (TPSA) is 327 Å². The lowest BCUT2D eigenvalue weighted by molar-refractivity contribution is -0.132. The number of sulfonamides is 1. The Morgan fingerprint density at radius 2 is 0.840 bits per heavy atom. The molecule has 8 aromatic carbocycles. The SMILES string of the molecule is Cc1ccc2c(c1)N(CC(O)CN1CCC(CCC(N)=O)CC1)c1ccccc1S2.Cc1ccc2c(c1)N(CC(O)CN1CCN(CCS(N)(=O)=O)CC1)c1ccccc1S2.Cc1ccc2c(c1)N(CCCN1C(=O)NC3(CCNCC3)C1=O)c1ccccc1S2.Cc1ccc2c(c1)N(CCCN1CCN(CC(=O)N[C@@H](CO)C(N)=O)CC1)c1ccccc1S2. The number of piperazine rings is 2. The van der Waals surface area contributed by atoms with E-state index in [1.807, 2.05) is 17.8 Å². The number of nitrogens with two attached hydrogens (primary N) is 3. The van der Waals surface area contributed by atoms with Gasteiger partial charge in [-0.1, -0.05) is 120 Å². The number of rotatable bonds is 27. The number of primary amides is 2. The first-order valence-corrected chi connectivity index (χ1v) is 48.7. The maximum absolute atomic E-state index is 13.0. The molecule has 0 radical (unpaired) electrons. The van der Waals surface area contributed by atoms with Gasteiger partial charge in [-0.15, -0.1) is 0 Å². The fourth-order valence-corrected chi connectivity index (χ4v) is 22.6. The Balaban J connectivity index is 0.000000136. The van der Waals surface area contributed by atoms with Crippen molar-refractivity contribution < 1.29 is 47.7 Å². The van der Waals surface area contributed by atoms with E-state index in [-0.39, 0.29) is 36.1 Å². The van der Waals surface area contributed by atoms with E-state index in [4.69, 9.17) is 21.7 Å². The van der Waals surface area contributed by atoms with E-state index in [9.17, 15) is 42.6 Å². The smallest absolute Gasteiger partial charge is 0.325 e. The highest BCUT2D eigenvalue weighted by atomic mass is 32.2. The summed E-state index contributed by atoms with van der Waals surface area (Å²) in [5.74, 6) is -0.717. The van der Waals surface area contributed by atoms with E-state index in [2.05, 4.69) is 252 Å². The lowest BCUT2D eigenvalue weighted by atomic mass is 9.88. The zero-order valence-electron chi connectivity index (χ0n) is 72.0. The molecule has 0 aromatic heterocycles. The second kappa shape index (κ2) is 42.9. The molecule has 26 nitrogen and oxygen atoms in total. The van der Waals surface area contributed by atoms with Gasteiger partial charge in [-0.05, 0) is 231 Å². The van der Waals surface area contributed by atoms with E-state index in [0.717, 1.165) is 142 Å². The molecule has 9 aliphatic heterocycles. The third-order valence-electron chi connectivity index (χ3n) is 24.5. The van der Waals surface area contributed by atoms with Gasteiger partial charge in [0.1, 0.15) is 11.6 Å². The van der Waals surface area contributed by atoms with Crippen LogP contribution >= 0.6 is 47.0 Å². The minimum Gasteiger partial charge on any atom is -0.394 e. The number of aliphatic hydroxyl groups is 3. The van der Waals surface area contributed by atoms with E-state index in [0.29, 0.717) is 64.4 Å². The summed E-state index contributed by atoms with van der Waals surface area (Å²) < 4.78 is 22.3. The van der Waals surface area contributed by atoms with Gasteiger partial charge in [0, 0.05) is 137 Å². The Morgan fingerprint density at radius 1 is 0.472 bits per heavy atom. The number of anilines is 8. The van der Waals surface area contributed by atoms with Crippen LogP contribution < -0.4 is 52.2 Å². The summed E-state index contributed by atoms with van der Waals surface area (Å²) in [5.41, 5.74) is 24.3. The number of piperidine rings is 2. The van der Waals surface area contributed by atoms with Gasteiger partial charge in [0.15, 0.2) is 0 Å². The lowest BCUT2D eigenvalue weighted by Crippen LogP contribution is -2.53. The monoisotopic (exact) mass is 1790 g/mol. The second-order valence-electron chi connectivity index (χ2n) is 34.0. The molecule has 666 valence electrons. The summed E-state index contributed by atoms with van der Waals surface area (Å²) in [6, 6.07) is 58.8. The highest BCUT2D eigenvalue weighted by molar-refractivity contribution is 8.00. The van der Waals surface area contributed by atoms with Crippen molar-refractivity contribution in [2.45, 2.75) is 142 Å². The number of aryl methyl sites for hydroxylation is 4. The fourth-order valence-electron chi connectivity index (χ4n) is 17.8. The number of nitrogens with zero attached hydrogens (tertiary/aromatic N) is 10. The summed E-state index contributed by atoms with van der Waals surface area (Å²) >= 11 is 7.20. The molecule has 0 saturated carbocycles. The van der Waals surface area contributed by atoms with E-state index in [1.165, 1.54) is 100 Å². The van der Waals surface area contributed by atoms with Crippen LogP contribution in [0.2, 0.25) is 0 Å². The minimum absolute atomic E-state index is 0.0131. The van der Waals surface area contributed by atoms with Gasteiger partial charge in [-0.25, -0.2) is 18.4 Å². The van der Waals surface area contributed by atoms with Crippen LogP contribution in [0.5, 0.6) is 0 Å². The number of likely N-dealkylation sites (tertiary alicyclic amines) is 1. The molecule has 5 fully saturated rings. The van der Waals surface area contributed by atoms with Gasteiger partial charge in [-0.2, -0.15) is 0 Å². The number of amides is 6. The second-order valence-corrected chi connectivity index (χ2v) is 40.1. The highest BCUT2D eigenvalue weighted by Crippen LogP contribution is 2.53. The van der Waals surface area contributed by atoms with Gasteiger partial charge >= 0.3 is 6.03 Å². The van der Waals surface area contributed by atoms with E-state index in [1.54, 1.807) is 35.3 Å². The summed E-state index contributed by atoms with van der Waals surface area (Å²) in [6.07, 6.45) is 5.69. The number of hydrogen-bond donors (Lipinski definition) is 9. The Labute approximate surface area is 752 Å². The van der Waals surface area contributed by atoms with Crippen molar-refractivity contribution in [3.8, 4) is 0 Å². The normalized spacial score (nSPS) is 18.3. The molecule has 9 heterocycles. The Bertz CT molecular complexity index is 5220. The number of primary sulfonamides is 1. The van der Waals surface area contributed by atoms with Crippen LogP contribution in [0.25, 0.3) is 0 Å². The van der Waals surface area contributed by atoms with Crippen LogP contribution in [0.15, 0.2) is 209 Å². The number of para-hydroxylation sites is 4. The highest BCUT2D eigenvalue weighted by Gasteiger charge is 2.51. The number of urea groups is 1. The zero-order valence-corrected chi connectivity index (χ0v) is 76.1. The van der Waals surface area contributed by atoms with Crippen molar-refractivity contribution in [3.63, 3.8) is 0 Å². The lowest BCUT2D eigenvalue weighted by Gasteiger charge is -2.38. The van der Waals surface area contributed by atoms with Crippen molar-refractivity contribution in [1.82, 2.24) is 45.3 Å². The molecule has 31 heteroatoms. The third-order valence-corrected chi connectivity index (χ3v) is 29.8.